The normalized spacial score (nSPS) is 11.0. The number of carbonyl (C=O) groups is 1. The van der Waals surface area contributed by atoms with Crippen molar-refractivity contribution in [2.45, 2.75) is 6.18 Å². The van der Waals surface area contributed by atoms with Crippen molar-refractivity contribution >= 4 is 17.3 Å². The minimum Gasteiger partial charge on any atom is -0.378 e. The summed E-state index contributed by atoms with van der Waals surface area (Å²) in [4.78, 5) is 22.2. The highest BCUT2D eigenvalue weighted by Crippen LogP contribution is 2.29. The third kappa shape index (κ3) is 4.93. The first-order valence-electron chi connectivity index (χ1n) is 7.22. The summed E-state index contributed by atoms with van der Waals surface area (Å²) >= 11 is 0. The number of alkyl halides is 3. The number of halogens is 3. The van der Waals surface area contributed by atoms with Gasteiger partial charge < -0.3 is 10.6 Å². The molecule has 0 unspecified atom stereocenters. The largest absolute Gasteiger partial charge is 0.416 e. The highest BCUT2D eigenvalue weighted by atomic mass is 19.4. The topological polar surface area (TPSA) is 84.3 Å². The Morgan fingerprint density at radius 3 is 2.48 bits per heavy atom. The van der Waals surface area contributed by atoms with Gasteiger partial charge in [0.25, 0.3) is 11.6 Å². The Hall–Kier alpha value is -3.10. The second kappa shape index (κ2) is 7.65. The number of rotatable bonds is 6. The average Bonchev–Trinajstić information content (AvgIpc) is 2.58. The highest BCUT2D eigenvalue weighted by molar-refractivity contribution is 5.94. The molecule has 0 spiro atoms. The summed E-state index contributed by atoms with van der Waals surface area (Å²) in [6.45, 7) is 0.261. The molecule has 0 aliphatic heterocycles. The Bertz CT molecular complexity index is 778. The highest BCUT2D eigenvalue weighted by Gasteiger charge is 2.30. The Labute approximate surface area is 140 Å². The second-order valence-electron chi connectivity index (χ2n) is 5.04. The van der Waals surface area contributed by atoms with Gasteiger partial charge in [-0.15, -0.1) is 0 Å². The summed E-state index contributed by atoms with van der Waals surface area (Å²) in [5.41, 5.74) is -0.828. The van der Waals surface area contributed by atoms with Crippen LogP contribution in [0.1, 0.15) is 15.9 Å². The molecule has 0 radical (unpaired) electrons. The Balaban J connectivity index is 1.91. The van der Waals surface area contributed by atoms with Gasteiger partial charge in [0.2, 0.25) is 0 Å². The molecule has 6 nitrogen and oxygen atoms in total. The van der Waals surface area contributed by atoms with Gasteiger partial charge in [-0.2, -0.15) is 13.2 Å². The molecule has 0 aliphatic rings. The van der Waals surface area contributed by atoms with Crippen LogP contribution < -0.4 is 10.6 Å². The smallest absolute Gasteiger partial charge is 0.378 e. The van der Waals surface area contributed by atoms with Crippen molar-refractivity contribution in [1.82, 2.24) is 5.32 Å². The Morgan fingerprint density at radius 1 is 1.08 bits per heavy atom. The van der Waals surface area contributed by atoms with Gasteiger partial charge in [0.05, 0.1) is 10.5 Å². The third-order valence-corrected chi connectivity index (χ3v) is 3.28. The van der Waals surface area contributed by atoms with Crippen LogP contribution in [0, 0.1) is 10.1 Å². The Kier molecular flexibility index (Phi) is 5.58. The van der Waals surface area contributed by atoms with E-state index in [4.69, 9.17) is 0 Å². The predicted octanol–water partition coefficient (Wildman–Crippen LogP) is 3.46. The summed E-state index contributed by atoms with van der Waals surface area (Å²) in [6, 6.07) is 10.1. The number of hydrogen-bond acceptors (Lipinski definition) is 4. The molecule has 132 valence electrons. The lowest BCUT2D eigenvalue weighted by Gasteiger charge is -2.10. The zero-order valence-corrected chi connectivity index (χ0v) is 12.8. The monoisotopic (exact) mass is 353 g/mol. The first-order valence-corrected chi connectivity index (χ1v) is 7.22. The molecule has 0 saturated carbocycles. The molecule has 0 heterocycles. The number of nitrogens with one attached hydrogen (secondary N) is 2. The molecule has 1 amide bonds. The number of nitro benzene ring substituents is 1. The fourth-order valence-corrected chi connectivity index (χ4v) is 2.09. The first kappa shape index (κ1) is 18.2. The van der Waals surface area contributed by atoms with E-state index in [0.717, 1.165) is 18.2 Å². The number of amides is 1. The molecule has 0 atom stereocenters. The summed E-state index contributed by atoms with van der Waals surface area (Å²) in [7, 11) is 0. The molecule has 2 aromatic carbocycles. The van der Waals surface area contributed by atoms with Gasteiger partial charge in [-0.05, 0) is 24.3 Å². The lowest BCUT2D eigenvalue weighted by atomic mass is 10.1. The van der Waals surface area contributed by atoms with Crippen molar-refractivity contribution in [3.8, 4) is 0 Å². The number of para-hydroxylation sites is 2. The van der Waals surface area contributed by atoms with Crippen LogP contribution in [-0.4, -0.2) is 23.9 Å². The van der Waals surface area contributed by atoms with Gasteiger partial charge in [-0.3, -0.25) is 14.9 Å². The van der Waals surface area contributed by atoms with E-state index in [9.17, 15) is 28.1 Å². The SMILES string of the molecule is O=C(NCCNc1ccccc1[N+](=O)[O-])c1cccc(C(F)(F)F)c1. The second-order valence-corrected chi connectivity index (χ2v) is 5.04. The minimum atomic E-state index is -4.52. The summed E-state index contributed by atoms with van der Waals surface area (Å²) in [5.74, 6) is -0.657. The molecule has 0 bridgehead atoms. The predicted molar refractivity (Wildman–Crippen MR) is 85.4 cm³/mol. The number of carbonyl (C=O) groups excluding carboxylic acids is 1. The number of nitrogens with zero attached hydrogens (tertiary/aromatic N) is 1. The van der Waals surface area contributed by atoms with E-state index in [2.05, 4.69) is 10.6 Å². The zero-order chi connectivity index (χ0) is 18.4. The zero-order valence-electron chi connectivity index (χ0n) is 12.8. The molecule has 2 rings (SSSR count). The van der Waals surface area contributed by atoms with Gasteiger partial charge in [0, 0.05) is 24.7 Å². The molecule has 2 aromatic rings. The van der Waals surface area contributed by atoms with E-state index in [1.807, 2.05) is 0 Å². The van der Waals surface area contributed by atoms with Crippen molar-refractivity contribution < 1.29 is 22.9 Å². The van der Waals surface area contributed by atoms with E-state index >= 15 is 0 Å². The van der Waals surface area contributed by atoms with E-state index in [1.165, 1.54) is 24.3 Å². The van der Waals surface area contributed by atoms with Crippen LogP contribution in [0.2, 0.25) is 0 Å². The molecular weight excluding hydrogens is 339 g/mol. The maximum atomic E-state index is 12.6. The van der Waals surface area contributed by atoms with Crippen molar-refractivity contribution in [1.29, 1.82) is 0 Å². The summed E-state index contributed by atoms with van der Waals surface area (Å²) in [6.07, 6.45) is -4.52. The van der Waals surface area contributed by atoms with Crippen molar-refractivity contribution in [2.24, 2.45) is 0 Å². The molecule has 9 heteroatoms. The standard InChI is InChI=1S/C16H14F3N3O3/c17-16(18,19)12-5-3-4-11(10-12)15(23)21-9-8-20-13-6-1-2-7-14(13)22(24)25/h1-7,10,20H,8-9H2,(H,21,23). The van der Waals surface area contributed by atoms with Crippen molar-refractivity contribution in [3.05, 3.63) is 69.8 Å². The number of benzene rings is 2. The molecule has 0 aromatic heterocycles. The summed E-state index contributed by atoms with van der Waals surface area (Å²) < 4.78 is 37.9. The van der Waals surface area contributed by atoms with Gasteiger partial charge >= 0.3 is 6.18 Å². The van der Waals surface area contributed by atoms with Gasteiger partial charge in [-0.1, -0.05) is 18.2 Å². The van der Waals surface area contributed by atoms with Crippen LogP contribution in [0.25, 0.3) is 0 Å². The quantitative estimate of drug-likeness (QED) is 0.473. The lowest BCUT2D eigenvalue weighted by molar-refractivity contribution is -0.384. The number of hydrogen-bond donors (Lipinski definition) is 2. The van der Waals surface area contributed by atoms with Gasteiger partial charge in [0.15, 0.2) is 0 Å². The van der Waals surface area contributed by atoms with Gasteiger partial charge in [-0.25, -0.2) is 0 Å². The maximum Gasteiger partial charge on any atom is 0.416 e. The van der Waals surface area contributed by atoms with Crippen LogP contribution in [0.5, 0.6) is 0 Å². The molecule has 0 aliphatic carbocycles. The number of nitro groups is 1. The van der Waals surface area contributed by atoms with Crippen LogP contribution in [0.4, 0.5) is 24.5 Å². The molecular formula is C16H14F3N3O3. The van der Waals surface area contributed by atoms with E-state index in [0.29, 0.717) is 5.69 Å². The lowest BCUT2D eigenvalue weighted by Crippen LogP contribution is -2.29. The van der Waals surface area contributed by atoms with E-state index in [1.54, 1.807) is 6.07 Å². The average molecular weight is 353 g/mol. The summed E-state index contributed by atoms with van der Waals surface area (Å²) in [5, 5.41) is 16.1. The fraction of sp³-hybridized carbons (Fsp3) is 0.188. The minimum absolute atomic E-state index is 0.0845. The van der Waals surface area contributed by atoms with Crippen molar-refractivity contribution in [2.75, 3.05) is 18.4 Å². The Morgan fingerprint density at radius 2 is 1.80 bits per heavy atom. The van der Waals surface area contributed by atoms with E-state index in [-0.39, 0.29) is 24.3 Å². The fourth-order valence-electron chi connectivity index (χ4n) is 2.09. The molecule has 2 N–H and O–H groups in total. The van der Waals surface area contributed by atoms with Crippen LogP contribution in [0.15, 0.2) is 48.5 Å². The van der Waals surface area contributed by atoms with Gasteiger partial charge in [0.1, 0.15) is 5.69 Å². The number of anilines is 1. The van der Waals surface area contributed by atoms with Crippen LogP contribution >= 0.6 is 0 Å². The third-order valence-electron chi connectivity index (χ3n) is 3.28. The maximum absolute atomic E-state index is 12.6. The molecule has 25 heavy (non-hydrogen) atoms. The molecule has 0 saturated heterocycles. The van der Waals surface area contributed by atoms with Crippen LogP contribution in [-0.2, 0) is 6.18 Å². The van der Waals surface area contributed by atoms with E-state index < -0.39 is 22.6 Å². The van der Waals surface area contributed by atoms with Crippen molar-refractivity contribution in [3.63, 3.8) is 0 Å². The van der Waals surface area contributed by atoms with Crippen LogP contribution in [0.3, 0.4) is 0 Å². The first-order chi connectivity index (χ1) is 11.8. The molecule has 0 fully saturated rings.